The average Bonchev–Trinajstić information content (AvgIpc) is 2.41. The highest BCUT2D eigenvalue weighted by Crippen LogP contribution is 2.26. The summed E-state index contributed by atoms with van der Waals surface area (Å²) in [7, 11) is 0. The molecule has 0 amide bonds. The molecule has 18 heavy (non-hydrogen) atoms. The lowest BCUT2D eigenvalue weighted by atomic mass is 10.00. The average molecular weight is 250 g/mol. The Hall–Kier alpha value is -0.930. The number of rotatable bonds is 4. The lowest BCUT2D eigenvalue weighted by molar-refractivity contribution is 0.126. The number of hydrogen-bond acceptors (Lipinski definition) is 2. The molecule has 1 fully saturated rings. The minimum atomic E-state index is -0.0905. The molecule has 2 nitrogen and oxygen atoms in total. The summed E-state index contributed by atoms with van der Waals surface area (Å²) in [4.78, 5) is 2.41. The third-order valence-electron chi connectivity index (χ3n) is 3.96. The number of nitrogens with one attached hydrogen (secondary N) is 1. The van der Waals surface area contributed by atoms with E-state index in [-0.39, 0.29) is 11.9 Å². The normalized spacial score (nSPS) is 22.1. The fourth-order valence-corrected chi connectivity index (χ4v) is 2.96. The van der Waals surface area contributed by atoms with Crippen LogP contribution in [0.2, 0.25) is 0 Å². The molecule has 0 radical (unpaired) electrons. The van der Waals surface area contributed by atoms with Gasteiger partial charge in [-0.25, -0.2) is 4.39 Å². The maximum absolute atomic E-state index is 13.9. The van der Waals surface area contributed by atoms with E-state index >= 15 is 0 Å². The van der Waals surface area contributed by atoms with Crippen molar-refractivity contribution in [1.29, 1.82) is 0 Å². The van der Waals surface area contributed by atoms with Crippen molar-refractivity contribution in [1.82, 2.24) is 10.2 Å². The Morgan fingerprint density at radius 2 is 2.22 bits per heavy atom. The molecule has 1 aliphatic heterocycles. The van der Waals surface area contributed by atoms with Crippen molar-refractivity contribution in [2.75, 3.05) is 19.6 Å². The quantitative estimate of drug-likeness (QED) is 0.884. The van der Waals surface area contributed by atoms with Gasteiger partial charge in [0.05, 0.1) is 0 Å². The molecule has 1 aromatic carbocycles. The largest absolute Gasteiger partial charge is 0.315 e. The van der Waals surface area contributed by atoms with E-state index < -0.39 is 0 Å². The van der Waals surface area contributed by atoms with E-state index in [0.29, 0.717) is 6.04 Å². The Morgan fingerprint density at radius 1 is 1.44 bits per heavy atom. The molecule has 100 valence electrons. The van der Waals surface area contributed by atoms with E-state index in [2.05, 4.69) is 24.1 Å². The second-order valence-corrected chi connectivity index (χ2v) is 5.03. The molecule has 2 rings (SSSR count). The van der Waals surface area contributed by atoms with Gasteiger partial charge in [-0.1, -0.05) is 25.1 Å². The molecule has 0 spiro atoms. The van der Waals surface area contributed by atoms with Gasteiger partial charge >= 0.3 is 0 Å². The zero-order valence-electron chi connectivity index (χ0n) is 11.3. The van der Waals surface area contributed by atoms with Crippen LogP contribution in [0.1, 0.15) is 38.3 Å². The Kier molecular flexibility index (Phi) is 4.72. The second-order valence-electron chi connectivity index (χ2n) is 5.03. The topological polar surface area (TPSA) is 15.3 Å². The van der Waals surface area contributed by atoms with Gasteiger partial charge in [-0.05, 0) is 38.9 Å². The minimum Gasteiger partial charge on any atom is -0.315 e. The first-order valence-corrected chi connectivity index (χ1v) is 6.95. The van der Waals surface area contributed by atoms with Crippen LogP contribution in [0.25, 0.3) is 0 Å². The van der Waals surface area contributed by atoms with Crippen LogP contribution in [0.4, 0.5) is 4.39 Å². The van der Waals surface area contributed by atoms with Gasteiger partial charge in [-0.15, -0.1) is 0 Å². The summed E-state index contributed by atoms with van der Waals surface area (Å²) in [6, 6.07) is 7.79. The lowest BCUT2D eigenvalue weighted by Gasteiger charge is -2.38. The fourth-order valence-electron chi connectivity index (χ4n) is 2.96. The van der Waals surface area contributed by atoms with Gasteiger partial charge in [-0.3, -0.25) is 4.90 Å². The summed E-state index contributed by atoms with van der Waals surface area (Å²) in [5.74, 6) is -0.0905. The Bertz CT molecular complexity index is 375. The Balaban J connectivity index is 2.14. The van der Waals surface area contributed by atoms with Gasteiger partial charge in [0.15, 0.2) is 0 Å². The van der Waals surface area contributed by atoms with E-state index in [4.69, 9.17) is 0 Å². The first-order chi connectivity index (χ1) is 8.74. The molecule has 1 aliphatic rings. The van der Waals surface area contributed by atoms with Crippen molar-refractivity contribution in [3.05, 3.63) is 35.6 Å². The standard InChI is InChI=1S/C15H23FN2/c1-3-18(13-7-6-10-17-11-13)12(2)14-8-4-5-9-15(14)16/h4-5,8-9,12-13,17H,3,6-7,10-11H2,1-2H3. The molecular weight excluding hydrogens is 227 g/mol. The zero-order chi connectivity index (χ0) is 13.0. The Labute approximate surface area is 109 Å². The number of hydrogen-bond donors (Lipinski definition) is 1. The number of benzene rings is 1. The van der Waals surface area contributed by atoms with E-state index in [9.17, 15) is 4.39 Å². The summed E-state index contributed by atoms with van der Waals surface area (Å²) >= 11 is 0. The van der Waals surface area contributed by atoms with Gasteiger partial charge in [0.2, 0.25) is 0 Å². The first-order valence-electron chi connectivity index (χ1n) is 6.95. The Morgan fingerprint density at radius 3 is 2.83 bits per heavy atom. The monoisotopic (exact) mass is 250 g/mol. The van der Waals surface area contributed by atoms with E-state index in [0.717, 1.165) is 25.2 Å². The summed E-state index contributed by atoms with van der Waals surface area (Å²) in [5, 5.41) is 3.44. The molecule has 1 heterocycles. The predicted molar refractivity (Wildman–Crippen MR) is 73.1 cm³/mol. The van der Waals surface area contributed by atoms with Crippen molar-refractivity contribution in [2.24, 2.45) is 0 Å². The summed E-state index contributed by atoms with van der Waals surface area (Å²) < 4.78 is 13.9. The van der Waals surface area contributed by atoms with Crippen molar-refractivity contribution < 1.29 is 4.39 Å². The molecule has 2 unspecified atom stereocenters. The summed E-state index contributed by atoms with van der Waals surface area (Å²) in [6.07, 6.45) is 2.42. The number of halogens is 1. The highest BCUT2D eigenvalue weighted by molar-refractivity contribution is 5.21. The van der Waals surface area contributed by atoms with Crippen LogP contribution in [-0.2, 0) is 0 Å². The highest BCUT2D eigenvalue weighted by atomic mass is 19.1. The summed E-state index contributed by atoms with van der Waals surface area (Å²) in [5.41, 5.74) is 0.810. The van der Waals surface area contributed by atoms with Crippen molar-refractivity contribution in [2.45, 2.75) is 38.8 Å². The molecule has 1 aromatic rings. The van der Waals surface area contributed by atoms with Crippen LogP contribution in [0.3, 0.4) is 0 Å². The maximum atomic E-state index is 13.9. The van der Waals surface area contributed by atoms with E-state index in [1.807, 2.05) is 12.1 Å². The number of likely N-dealkylation sites (N-methyl/N-ethyl adjacent to an activating group) is 1. The van der Waals surface area contributed by atoms with Gasteiger partial charge in [0, 0.05) is 24.2 Å². The number of nitrogens with zero attached hydrogens (tertiary/aromatic N) is 1. The second kappa shape index (κ2) is 6.30. The van der Waals surface area contributed by atoms with Gasteiger partial charge < -0.3 is 5.32 Å². The van der Waals surface area contributed by atoms with Gasteiger partial charge in [-0.2, -0.15) is 0 Å². The van der Waals surface area contributed by atoms with Crippen LogP contribution in [-0.4, -0.2) is 30.6 Å². The smallest absolute Gasteiger partial charge is 0.127 e. The van der Waals surface area contributed by atoms with E-state index in [1.165, 1.54) is 12.8 Å². The molecule has 0 bridgehead atoms. The van der Waals surface area contributed by atoms with Crippen LogP contribution in [0, 0.1) is 5.82 Å². The zero-order valence-corrected chi connectivity index (χ0v) is 11.3. The van der Waals surface area contributed by atoms with Gasteiger partial charge in [0.1, 0.15) is 5.82 Å². The molecular formula is C15H23FN2. The van der Waals surface area contributed by atoms with Crippen LogP contribution >= 0.6 is 0 Å². The number of piperidine rings is 1. The predicted octanol–water partition coefficient (Wildman–Crippen LogP) is 2.96. The van der Waals surface area contributed by atoms with Crippen molar-refractivity contribution in [3.63, 3.8) is 0 Å². The maximum Gasteiger partial charge on any atom is 0.127 e. The molecule has 0 saturated carbocycles. The third-order valence-corrected chi connectivity index (χ3v) is 3.96. The molecule has 1 N–H and O–H groups in total. The van der Waals surface area contributed by atoms with Crippen LogP contribution in [0.15, 0.2) is 24.3 Å². The molecule has 1 saturated heterocycles. The van der Waals surface area contributed by atoms with Crippen molar-refractivity contribution >= 4 is 0 Å². The van der Waals surface area contributed by atoms with Crippen LogP contribution < -0.4 is 5.32 Å². The molecule has 0 aromatic heterocycles. The molecule has 2 atom stereocenters. The summed E-state index contributed by atoms with van der Waals surface area (Å²) in [6.45, 7) is 7.36. The first kappa shape index (κ1) is 13.5. The highest BCUT2D eigenvalue weighted by Gasteiger charge is 2.25. The molecule has 3 heteroatoms. The van der Waals surface area contributed by atoms with Crippen molar-refractivity contribution in [3.8, 4) is 0 Å². The molecule has 0 aliphatic carbocycles. The lowest BCUT2D eigenvalue weighted by Crippen LogP contribution is -2.47. The van der Waals surface area contributed by atoms with Crippen LogP contribution in [0.5, 0.6) is 0 Å². The SMILES string of the molecule is CCN(C1CCCNC1)C(C)c1ccccc1F. The van der Waals surface area contributed by atoms with E-state index in [1.54, 1.807) is 12.1 Å². The third kappa shape index (κ3) is 2.90. The fraction of sp³-hybridized carbons (Fsp3) is 0.600. The minimum absolute atomic E-state index is 0.0905. The van der Waals surface area contributed by atoms with Gasteiger partial charge in [0.25, 0.3) is 0 Å².